The van der Waals surface area contributed by atoms with E-state index < -0.39 is 0 Å². The van der Waals surface area contributed by atoms with Gasteiger partial charge in [-0.15, -0.1) is 0 Å². The molecule has 136 valence electrons. The zero-order valence-corrected chi connectivity index (χ0v) is 16.2. The summed E-state index contributed by atoms with van der Waals surface area (Å²) in [7, 11) is 0. The summed E-state index contributed by atoms with van der Waals surface area (Å²) >= 11 is 6.29. The molecular formula is C25H20ClN2+. The molecule has 0 N–H and O–H groups in total. The molecule has 5 rings (SSSR count). The Morgan fingerprint density at radius 2 is 1.25 bits per heavy atom. The van der Waals surface area contributed by atoms with Gasteiger partial charge in [-0.1, -0.05) is 66.2 Å². The standard InChI is InChI=1S/C25H20ClN2/c26-23-10-4-1-7-20(23)18-27-15-13-19(14-16-27)17-28-24-11-5-2-8-21(24)22-9-3-6-12-25(22)28/h1-16H,17-18H2/q+1. The Kier molecular flexibility index (Phi) is 4.34. The minimum Gasteiger partial charge on any atom is -0.336 e. The van der Waals surface area contributed by atoms with Crippen LogP contribution in [-0.2, 0) is 13.1 Å². The molecule has 0 saturated heterocycles. The van der Waals surface area contributed by atoms with Crippen LogP contribution in [0.4, 0.5) is 0 Å². The molecule has 2 aromatic heterocycles. The molecule has 0 unspecified atom stereocenters. The van der Waals surface area contributed by atoms with Gasteiger partial charge in [-0.05, 0) is 23.8 Å². The van der Waals surface area contributed by atoms with Gasteiger partial charge in [-0.25, -0.2) is 4.57 Å². The van der Waals surface area contributed by atoms with Crippen molar-refractivity contribution in [2.45, 2.75) is 13.1 Å². The van der Waals surface area contributed by atoms with E-state index in [4.69, 9.17) is 11.6 Å². The first-order chi connectivity index (χ1) is 13.8. The number of hydrogen-bond donors (Lipinski definition) is 0. The maximum absolute atomic E-state index is 6.29. The lowest BCUT2D eigenvalue weighted by atomic mass is 10.2. The molecule has 0 bridgehead atoms. The molecule has 0 fully saturated rings. The summed E-state index contributed by atoms with van der Waals surface area (Å²) in [6.45, 7) is 1.62. The van der Waals surface area contributed by atoms with Crippen LogP contribution >= 0.6 is 11.6 Å². The van der Waals surface area contributed by atoms with Crippen LogP contribution in [0, 0.1) is 0 Å². The van der Waals surface area contributed by atoms with Crippen LogP contribution in [0.2, 0.25) is 5.02 Å². The second kappa shape index (κ2) is 7.14. The number of nitrogens with zero attached hydrogens (tertiary/aromatic N) is 2. The summed E-state index contributed by atoms with van der Waals surface area (Å²) < 4.78 is 4.56. The van der Waals surface area contributed by atoms with E-state index in [-0.39, 0.29) is 0 Å². The fourth-order valence-electron chi connectivity index (χ4n) is 3.88. The maximum atomic E-state index is 6.29. The third-order valence-electron chi connectivity index (χ3n) is 5.29. The number of rotatable bonds is 4. The topological polar surface area (TPSA) is 8.81 Å². The van der Waals surface area contributed by atoms with Gasteiger partial charge in [0.05, 0.1) is 5.02 Å². The quantitative estimate of drug-likeness (QED) is 0.345. The minimum absolute atomic E-state index is 0.773. The Morgan fingerprint density at radius 3 is 1.89 bits per heavy atom. The average Bonchev–Trinajstić information content (AvgIpc) is 3.05. The van der Waals surface area contributed by atoms with E-state index in [1.165, 1.54) is 27.4 Å². The number of fused-ring (bicyclic) bond motifs is 3. The number of benzene rings is 3. The van der Waals surface area contributed by atoms with E-state index in [1.54, 1.807) is 0 Å². The highest BCUT2D eigenvalue weighted by molar-refractivity contribution is 6.31. The molecule has 0 saturated carbocycles. The Balaban J connectivity index is 1.47. The molecule has 3 aromatic carbocycles. The lowest BCUT2D eigenvalue weighted by Gasteiger charge is -2.07. The molecule has 0 amide bonds. The molecule has 2 nitrogen and oxygen atoms in total. The van der Waals surface area contributed by atoms with E-state index in [2.05, 4.69) is 88.3 Å². The molecule has 2 heterocycles. The lowest BCUT2D eigenvalue weighted by molar-refractivity contribution is -0.688. The van der Waals surface area contributed by atoms with Gasteiger partial charge in [0.2, 0.25) is 0 Å². The first kappa shape index (κ1) is 17.0. The summed E-state index contributed by atoms with van der Waals surface area (Å²) in [6, 6.07) is 29.7. The fourth-order valence-corrected chi connectivity index (χ4v) is 4.07. The second-order valence-electron chi connectivity index (χ2n) is 7.09. The molecule has 0 aliphatic carbocycles. The highest BCUT2D eigenvalue weighted by Crippen LogP contribution is 2.29. The van der Waals surface area contributed by atoms with Gasteiger partial charge in [0.25, 0.3) is 0 Å². The van der Waals surface area contributed by atoms with Gasteiger partial charge in [0, 0.05) is 46.0 Å². The third kappa shape index (κ3) is 3.06. The average molecular weight is 384 g/mol. The van der Waals surface area contributed by atoms with E-state index >= 15 is 0 Å². The molecule has 0 atom stereocenters. The number of aromatic nitrogens is 2. The Hall–Kier alpha value is -3.10. The fraction of sp³-hybridized carbons (Fsp3) is 0.0800. The zero-order valence-electron chi connectivity index (χ0n) is 15.4. The summed E-state index contributed by atoms with van der Waals surface area (Å²) in [6.07, 6.45) is 4.26. The van der Waals surface area contributed by atoms with Crippen LogP contribution in [0.25, 0.3) is 21.8 Å². The predicted molar refractivity (Wildman–Crippen MR) is 116 cm³/mol. The summed E-state index contributed by atoms with van der Waals surface area (Å²) in [4.78, 5) is 0. The second-order valence-corrected chi connectivity index (χ2v) is 7.50. The van der Waals surface area contributed by atoms with E-state index in [9.17, 15) is 0 Å². The van der Waals surface area contributed by atoms with Crippen molar-refractivity contribution < 1.29 is 4.57 Å². The van der Waals surface area contributed by atoms with Gasteiger partial charge in [-0.2, -0.15) is 0 Å². The van der Waals surface area contributed by atoms with Gasteiger partial charge in [0.1, 0.15) is 0 Å². The van der Waals surface area contributed by atoms with Crippen molar-refractivity contribution in [1.29, 1.82) is 0 Å². The van der Waals surface area contributed by atoms with Crippen molar-refractivity contribution in [2.75, 3.05) is 0 Å². The van der Waals surface area contributed by atoms with Crippen molar-refractivity contribution in [2.24, 2.45) is 0 Å². The summed E-state index contributed by atoms with van der Waals surface area (Å²) in [5, 5.41) is 3.43. The van der Waals surface area contributed by atoms with Gasteiger partial charge in [0.15, 0.2) is 18.9 Å². The number of para-hydroxylation sites is 2. The molecular weight excluding hydrogens is 364 g/mol. The van der Waals surface area contributed by atoms with Crippen molar-refractivity contribution in [3.63, 3.8) is 0 Å². The van der Waals surface area contributed by atoms with E-state index in [0.29, 0.717) is 0 Å². The summed E-state index contributed by atoms with van der Waals surface area (Å²) in [5.41, 5.74) is 4.96. The molecule has 0 spiro atoms. The van der Waals surface area contributed by atoms with Crippen LogP contribution in [-0.4, -0.2) is 4.57 Å². The first-order valence-electron chi connectivity index (χ1n) is 9.47. The lowest BCUT2D eigenvalue weighted by Crippen LogP contribution is -2.33. The van der Waals surface area contributed by atoms with Gasteiger partial charge >= 0.3 is 0 Å². The third-order valence-corrected chi connectivity index (χ3v) is 5.66. The monoisotopic (exact) mass is 383 g/mol. The normalized spacial score (nSPS) is 11.3. The highest BCUT2D eigenvalue weighted by Gasteiger charge is 2.11. The molecule has 0 radical (unpaired) electrons. The number of hydrogen-bond acceptors (Lipinski definition) is 0. The van der Waals surface area contributed by atoms with Gasteiger partial charge < -0.3 is 4.57 Å². The number of pyridine rings is 1. The van der Waals surface area contributed by atoms with Crippen molar-refractivity contribution in [3.8, 4) is 0 Å². The van der Waals surface area contributed by atoms with E-state index in [0.717, 1.165) is 23.7 Å². The van der Waals surface area contributed by atoms with Crippen LogP contribution < -0.4 is 4.57 Å². The Morgan fingerprint density at radius 1 is 0.679 bits per heavy atom. The highest BCUT2D eigenvalue weighted by atomic mass is 35.5. The molecule has 3 heteroatoms. The Labute approximate surface area is 169 Å². The number of halogens is 1. The largest absolute Gasteiger partial charge is 0.336 e. The SMILES string of the molecule is Clc1ccccc1C[n+]1ccc(Cn2c3ccccc3c3ccccc32)cc1. The van der Waals surface area contributed by atoms with E-state index in [1.807, 2.05) is 18.2 Å². The summed E-state index contributed by atoms with van der Waals surface area (Å²) in [5.74, 6) is 0. The van der Waals surface area contributed by atoms with Crippen molar-refractivity contribution in [1.82, 2.24) is 4.57 Å². The molecule has 0 aliphatic heterocycles. The molecule has 5 aromatic rings. The van der Waals surface area contributed by atoms with Crippen LogP contribution in [0.1, 0.15) is 11.1 Å². The van der Waals surface area contributed by atoms with Crippen LogP contribution in [0.5, 0.6) is 0 Å². The molecule has 0 aliphatic rings. The zero-order chi connectivity index (χ0) is 18.9. The minimum atomic E-state index is 0.773. The first-order valence-corrected chi connectivity index (χ1v) is 9.85. The molecule has 28 heavy (non-hydrogen) atoms. The predicted octanol–water partition coefficient (Wildman–Crippen LogP) is 5.83. The maximum Gasteiger partial charge on any atom is 0.175 e. The van der Waals surface area contributed by atoms with Crippen molar-refractivity contribution in [3.05, 3.63) is 113 Å². The van der Waals surface area contributed by atoms with Crippen molar-refractivity contribution >= 4 is 33.4 Å². The Bertz CT molecular complexity index is 1220. The van der Waals surface area contributed by atoms with Crippen LogP contribution in [0.3, 0.4) is 0 Å². The van der Waals surface area contributed by atoms with Gasteiger partial charge in [-0.3, -0.25) is 0 Å². The smallest absolute Gasteiger partial charge is 0.175 e. The van der Waals surface area contributed by atoms with Crippen LogP contribution in [0.15, 0.2) is 97.3 Å².